The molecule has 0 fully saturated rings. The van der Waals surface area contributed by atoms with Crippen LogP contribution in [0.4, 0.5) is 0 Å². The van der Waals surface area contributed by atoms with Gasteiger partial charge in [0.1, 0.15) is 29.2 Å². The quantitative estimate of drug-likeness (QED) is 0.629. The Kier molecular flexibility index (Phi) is 6.05. The van der Waals surface area contributed by atoms with Crippen LogP contribution in [0.3, 0.4) is 0 Å². The fourth-order valence-corrected chi connectivity index (χ4v) is 1.95. The van der Waals surface area contributed by atoms with Gasteiger partial charge >= 0.3 is 11.9 Å². The first-order valence-corrected chi connectivity index (χ1v) is 6.53. The minimum absolute atomic E-state index is 0.131. The van der Waals surface area contributed by atoms with Gasteiger partial charge in [0.2, 0.25) is 0 Å². The van der Waals surface area contributed by atoms with Crippen LogP contribution in [-0.2, 0) is 14.3 Å². The minimum atomic E-state index is -0.652. The molecule has 1 rings (SSSR count). The van der Waals surface area contributed by atoms with Gasteiger partial charge in [-0.1, -0.05) is 12.1 Å². The predicted octanol–water partition coefficient (Wildman–Crippen LogP) is 1.33. The number of ketones is 1. The molecule has 0 spiro atoms. The molecule has 0 bridgehead atoms. The Morgan fingerprint density at radius 1 is 1.14 bits per heavy atom. The molecule has 6 heteroatoms. The van der Waals surface area contributed by atoms with Crippen molar-refractivity contribution in [3.05, 3.63) is 29.8 Å². The zero-order chi connectivity index (χ0) is 16.0. The second-order valence-electron chi connectivity index (χ2n) is 4.58. The first-order chi connectivity index (χ1) is 9.86. The summed E-state index contributed by atoms with van der Waals surface area (Å²) >= 11 is 0. The highest BCUT2D eigenvalue weighted by Crippen LogP contribution is 2.20. The van der Waals surface area contributed by atoms with Crippen molar-refractivity contribution in [3.63, 3.8) is 0 Å². The van der Waals surface area contributed by atoms with Crippen LogP contribution in [0.1, 0.15) is 31.1 Å². The van der Waals surface area contributed by atoms with Crippen molar-refractivity contribution in [3.8, 4) is 5.75 Å². The molecule has 1 N–H and O–H groups in total. The normalized spacial score (nSPS) is 13.1. The molecule has 0 radical (unpaired) electrons. The van der Waals surface area contributed by atoms with Crippen LogP contribution in [0.5, 0.6) is 5.75 Å². The molecule has 2 atom stereocenters. The summed E-state index contributed by atoms with van der Waals surface area (Å²) in [5.74, 6) is -1.18. The molecule has 114 valence electrons. The highest BCUT2D eigenvalue weighted by molar-refractivity contribution is 5.94. The molecule has 0 aliphatic carbocycles. The Balaban J connectivity index is 2.89. The fraction of sp³-hybridized carbons (Fsp3) is 0.400. The van der Waals surface area contributed by atoms with Crippen molar-refractivity contribution in [1.29, 1.82) is 0 Å². The van der Waals surface area contributed by atoms with Crippen LogP contribution in [0.2, 0.25) is 0 Å². The number of carbonyl (C=O) groups is 3. The number of Topliss-reactive ketones (excluding diaryl/α,β-unsaturated/α-hetero) is 1. The first-order valence-electron chi connectivity index (χ1n) is 6.53. The van der Waals surface area contributed by atoms with Gasteiger partial charge in [-0.15, -0.1) is 0 Å². The number of para-hydroxylation sites is 1. The van der Waals surface area contributed by atoms with E-state index in [-0.39, 0.29) is 17.1 Å². The van der Waals surface area contributed by atoms with E-state index in [2.05, 4.69) is 5.32 Å². The van der Waals surface area contributed by atoms with Gasteiger partial charge in [0.05, 0.1) is 0 Å². The van der Waals surface area contributed by atoms with Crippen molar-refractivity contribution < 1.29 is 23.9 Å². The zero-order valence-electron chi connectivity index (χ0n) is 12.5. The Bertz CT molecular complexity index is 541. The van der Waals surface area contributed by atoms with Crippen molar-refractivity contribution >= 4 is 17.7 Å². The molecule has 0 unspecified atom stereocenters. The van der Waals surface area contributed by atoms with E-state index in [9.17, 15) is 14.4 Å². The molecule has 1 aromatic rings. The molecular weight excluding hydrogens is 274 g/mol. The van der Waals surface area contributed by atoms with Crippen LogP contribution >= 0.6 is 0 Å². The van der Waals surface area contributed by atoms with Crippen molar-refractivity contribution in [2.75, 3.05) is 7.05 Å². The topological polar surface area (TPSA) is 81.7 Å². The number of likely N-dealkylation sites (N-methyl/N-ethyl adjacent to an activating group) is 1. The summed E-state index contributed by atoms with van der Waals surface area (Å²) in [6.45, 7) is 4.28. The third kappa shape index (κ3) is 4.68. The second kappa shape index (κ2) is 7.54. The Labute approximate surface area is 123 Å². The molecule has 21 heavy (non-hydrogen) atoms. The summed E-state index contributed by atoms with van der Waals surface area (Å²) in [5, 5.41) is 2.79. The number of hydrogen-bond acceptors (Lipinski definition) is 6. The maximum absolute atomic E-state index is 12.1. The number of esters is 2. The molecule has 1 aromatic carbocycles. The zero-order valence-corrected chi connectivity index (χ0v) is 12.5. The Hall–Kier alpha value is -2.21. The molecular formula is C15H19NO5. The van der Waals surface area contributed by atoms with Crippen molar-refractivity contribution in [1.82, 2.24) is 5.32 Å². The molecule has 0 aromatic heterocycles. The van der Waals surface area contributed by atoms with Crippen LogP contribution < -0.4 is 10.1 Å². The average Bonchev–Trinajstić information content (AvgIpc) is 2.38. The summed E-state index contributed by atoms with van der Waals surface area (Å²) in [6, 6.07) is 5.69. The van der Waals surface area contributed by atoms with Gasteiger partial charge in [0.25, 0.3) is 0 Å². The van der Waals surface area contributed by atoms with E-state index in [1.54, 1.807) is 26.1 Å². The summed E-state index contributed by atoms with van der Waals surface area (Å²) in [4.78, 5) is 34.6. The number of carbonyl (C=O) groups excluding carboxylic acids is 3. The summed E-state index contributed by atoms with van der Waals surface area (Å²) < 4.78 is 10.2. The van der Waals surface area contributed by atoms with Crippen LogP contribution in [-0.4, -0.2) is 36.9 Å². The molecule has 0 saturated carbocycles. The highest BCUT2D eigenvalue weighted by atomic mass is 16.6. The highest BCUT2D eigenvalue weighted by Gasteiger charge is 2.25. The summed E-state index contributed by atoms with van der Waals surface area (Å²) in [7, 11) is 1.61. The summed E-state index contributed by atoms with van der Waals surface area (Å²) in [5.41, 5.74) is 0.137. The third-order valence-electron chi connectivity index (χ3n) is 2.87. The largest absolute Gasteiger partial charge is 0.457 e. The van der Waals surface area contributed by atoms with Crippen LogP contribution in [0, 0.1) is 0 Å². The van der Waals surface area contributed by atoms with Gasteiger partial charge in [-0.3, -0.25) is 9.59 Å². The van der Waals surface area contributed by atoms with Gasteiger partial charge in [0, 0.05) is 6.92 Å². The number of nitrogens with one attached hydrogen (secondary N) is 1. The number of benzene rings is 1. The van der Waals surface area contributed by atoms with Gasteiger partial charge in [-0.05, 0) is 33.0 Å². The molecule has 0 amide bonds. The monoisotopic (exact) mass is 293 g/mol. The molecule has 6 nitrogen and oxygen atoms in total. The van der Waals surface area contributed by atoms with Gasteiger partial charge in [0.15, 0.2) is 0 Å². The molecule has 0 saturated heterocycles. The van der Waals surface area contributed by atoms with E-state index in [1.807, 2.05) is 0 Å². The predicted molar refractivity (Wildman–Crippen MR) is 76.2 cm³/mol. The van der Waals surface area contributed by atoms with E-state index < -0.39 is 24.1 Å². The van der Waals surface area contributed by atoms with E-state index >= 15 is 0 Å². The van der Waals surface area contributed by atoms with Gasteiger partial charge in [-0.25, -0.2) is 4.79 Å². The molecule has 0 heterocycles. The van der Waals surface area contributed by atoms with Crippen molar-refractivity contribution in [2.24, 2.45) is 0 Å². The lowest BCUT2D eigenvalue weighted by Crippen LogP contribution is -2.43. The Morgan fingerprint density at radius 2 is 1.76 bits per heavy atom. The molecule has 0 aliphatic rings. The van der Waals surface area contributed by atoms with E-state index in [0.717, 1.165) is 0 Å². The lowest BCUT2D eigenvalue weighted by atomic mass is 10.1. The number of ether oxygens (including phenoxy) is 2. The van der Waals surface area contributed by atoms with E-state index in [1.165, 1.54) is 26.0 Å². The maximum Gasteiger partial charge on any atom is 0.342 e. The minimum Gasteiger partial charge on any atom is -0.457 e. The maximum atomic E-state index is 12.1. The summed E-state index contributed by atoms with van der Waals surface area (Å²) in [6.07, 6.45) is -0.648. The lowest BCUT2D eigenvalue weighted by molar-refractivity contribution is -0.131. The number of rotatable bonds is 6. The Morgan fingerprint density at radius 3 is 2.29 bits per heavy atom. The van der Waals surface area contributed by atoms with Gasteiger partial charge < -0.3 is 14.8 Å². The first kappa shape index (κ1) is 16.8. The van der Waals surface area contributed by atoms with Crippen LogP contribution in [0.25, 0.3) is 0 Å². The van der Waals surface area contributed by atoms with Crippen molar-refractivity contribution in [2.45, 2.75) is 32.9 Å². The standard InChI is InChI=1S/C15H19NO5/c1-9(17)14(16-4)10(2)20-15(19)12-7-5-6-8-13(12)21-11(3)18/h5-8,10,14,16H,1-4H3/t10-,14-/m1/s1. The lowest BCUT2D eigenvalue weighted by Gasteiger charge is -2.21. The van der Waals surface area contributed by atoms with E-state index in [0.29, 0.717) is 0 Å². The SMILES string of the molecule is CN[C@H](C(C)=O)[C@@H](C)OC(=O)c1ccccc1OC(C)=O. The second-order valence-corrected chi connectivity index (χ2v) is 4.58. The smallest absolute Gasteiger partial charge is 0.342 e. The van der Waals surface area contributed by atoms with Gasteiger partial charge in [-0.2, -0.15) is 0 Å². The fourth-order valence-electron chi connectivity index (χ4n) is 1.95. The third-order valence-corrected chi connectivity index (χ3v) is 2.87. The average molecular weight is 293 g/mol. The number of hydrogen-bond donors (Lipinski definition) is 1. The molecule has 0 aliphatic heterocycles. The van der Waals surface area contributed by atoms with E-state index in [4.69, 9.17) is 9.47 Å². The van der Waals surface area contributed by atoms with Crippen LogP contribution in [0.15, 0.2) is 24.3 Å².